The van der Waals surface area contributed by atoms with Crippen LogP contribution in [0.25, 0.3) is 0 Å². The zero-order chi connectivity index (χ0) is 12.4. The first-order chi connectivity index (χ1) is 8.13. The van der Waals surface area contributed by atoms with Gasteiger partial charge in [-0.15, -0.1) is 0 Å². The van der Waals surface area contributed by atoms with Gasteiger partial charge >= 0.3 is 0 Å². The molecular weight excluding hydrogens is 284 g/mol. The van der Waals surface area contributed by atoms with Crippen LogP contribution in [0.15, 0.2) is 27.3 Å². The summed E-state index contributed by atoms with van der Waals surface area (Å²) in [5.41, 5.74) is 1.85. The highest BCUT2D eigenvalue weighted by Gasteiger charge is 2.17. The number of furan rings is 1. The molecule has 0 bridgehead atoms. The molecule has 90 valence electrons. The molecule has 2 rings (SSSR count). The molecule has 0 saturated carbocycles. The lowest BCUT2D eigenvalue weighted by Crippen LogP contribution is -2.07. The van der Waals surface area contributed by atoms with Crippen molar-refractivity contribution < 1.29 is 9.21 Å². The third kappa shape index (κ3) is 2.34. The Morgan fingerprint density at radius 1 is 1.59 bits per heavy atom. The predicted molar refractivity (Wildman–Crippen MR) is 67.0 cm³/mol. The number of Topliss-reactive ketones (excluding diaryl/α,β-unsaturated/α-hetero) is 1. The normalized spacial score (nSPS) is 10.8. The van der Waals surface area contributed by atoms with Gasteiger partial charge in [0, 0.05) is 7.05 Å². The maximum Gasteiger partial charge on any atom is 0.203 e. The molecule has 0 N–H and O–H groups in total. The van der Waals surface area contributed by atoms with Gasteiger partial charge in [-0.3, -0.25) is 9.48 Å². The van der Waals surface area contributed by atoms with Gasteiger partial charge in [0.1, 0.15) is 0 Å². The van der Waals surface area contributed by atoms with Gasteiger partial charge in [-0.1, -0.05) is 6.92 Å². The number of carbonyl (C=O) groups is 1. The summed E-state index contributed by atoms with van der Waals surface area (Å²) in [4.78, 5) is 11.9. The molecule has 0 unspecified atom stereocenters. The maximum atomic E-state index is 11.9. The minimum atomic E-state index is -0.0404. The van der Waals surface area contributed by atoms with E-state index in [0.29, 0.717) is 5.76 Å². The number of hydrogen-bond donors (Lipinski definition) is 0. The number of rotatable bonds is 4. The molecule has 0 saturated heterocycles. The van der Waals surface area contributed by atoms with E-state index in [1.807, 2.05) is 14.0 Å². The number of halogens is 1. The van der Waals surface area contributed by atoms with Crippen LogP contribution in [0.2, 0.25) is 0 Å². The van der Waals surface area contributed by atoms with Crippen LogP contribution in [0.4, 0.5) is 0 Å². The smallest absolute Gasteiger partial charge is 0.203 e. The van der Waals surface area contributed by atoms with E-state index in [1.54, 1.807) is 16.8 Å². The van der Waals surface area contributed by atoms with Crippen LogP contribution < -0.4 is 0 Å². The lowest BCUT2D eigenvalue weighted by Gasteiger charge is -2.00. The minimum Gasteiger partial charge on any atom is -0.461 e. The number of aromatic nitrogens is 2. The molecule has 0 aliphatic heterocycles. The SMILES string of the molecule is CCc1nn(C)c(CC(=O)c2ccco2)c1Br. The highest BCUT2D eigenvalue weighted by atomic mass is 79.9. The molecule has 4 nitrogen and oxygen atoms in total. The second-order valence-electron chi connectivity index (χ2n) is 3.76. The van der Waals surface area contributed by atoms with Gasteiger partial charge in [-0.05, 0) is 34.5 Å². The molecular formula is C12H13BrN2O2. The zero-order valence-electron chi connectivity index (χ0n) is 9.74. The summed E-state index contributed by atoms with van der Waals surface area (Å²) in [6.45, 7) is 2.03. The van der Waals surface area contributed by atoms with Crippen LogP contribution in [0, 0.1) is 0 Å². The first-order valence-electron chi connectivity index (χ1n) is 5.40. The topological polar surface area (TPSA) is 48.0 Å². The number of ketones is 1. The molecule has 0 aliphatic rings. The number of hydrogen-bond acceptors (Lipinski definition) is 3. The molecule has 5 heteroatoms. The van der Waals surface area contributed by atoms with E-state index in [4.69, 9.17) is 4.42 Å². The second-order valence-corrected chi connectivity index (χ2v) is 4.55. The van der Waals surface area contributed by atoms with Crippen LogP contribution in [0.3, 0.4) is 0 Å². The van der Waals surface area contributed by atoms with Gasteiger partial charge < -0.3 is 4.42 Å². The van der Waals surface area contributed by atoms with Crippen molar-refractivity contribution in [2.75, 3.05) is 0 Å². The highest BCUT2D eigenvalue weighted by molar-refractivity contribution is 9.10. The van der Waals surface area contributed by atoms with Crippen LogP contribution in [0.5, 0.6) is 0 Å². The molecule has 2 aromatic rings. The minimum absolute atomic E-state index is 0.0404. The van der Waals surface area contributed by atoms with Crippen molar-refractivity contribution >= 4 is 21.7 Å². The first kappa shape index (κ1) is 12.1. The van der Waals surface area contributed by atoms with Crippen LogP contribution in [0.1, 0.15) is 28.9 Å². The van der Waals surface area contributed by atoms with Crippen molar-refractivity contribution in [1.29, 1.82) is 0 Å². The monoisotopic (exact) mass is 296 g/mol. The van der Waals surface area contributed by atoms with Gasteiger partial charge in [0.05, 0.1) is 28.5 Å². The fourth-order valence-electron chi connectivity index (χ4n) is 1.69. The molecule has 2 aromatic heterocycles. The third-order valence-corrected chi connectivity index (χ3v) is 3.54. The summed E-state index contributed by atoms with van der Waals surface area (Å²) >= 11 is 3.49. The van der Waals surface area contributed by atoms with Crippen LogP contribution >= 0.6 is 15.9 Å². The van der Waals surface area contributed by atoms with Crippen molar-refractivity contribution in [3.63, 3.8) is 0 Å². The Labute approximate surface area is 108 Å². The fourth-order valence-corrected chi connectivity index (χ4v) is 2.44. The van der Waals surface area contributed by atoms with Gasteiger partial charge in [-0.25, -0.2) is 0 Å². The summed E-state index contributed by atoms with van der Waals surface area (Å²) in [5.74, 6) is 0.345. The van der Waals surface area contributed by atoms with Crippen molar-refractivity contribution in [2.24, 2.45) is 7.05 Å². The molecule has 0 fully saturated rings. The van der Waals surface area contributed by atoms with E-state index in [-0.39, 0.29) is 12.2 Å². The molecule has 0 atom stereocenters. The molecule has 0 spiro atoms. The van der Waals surface area contributed by atoms with E-state index in [0.717, 1.165) is 22.3 Å². The number of nitrogens with zero attached hydrogens (tertiary/aromatic N) is 2. The average Bonchev–Trinajstić information content (AvgIpc) is 2.92. The largest absolute Gasteiger partial charge is 0.461 e. The van der Waals surface area contributed by atoms with E-state index in [9.17, 15) is 4.79 Å². The van der Waals surface area contributed by atoms with Crippen molar-refractivity contribution in [1.82, 2.24) is 9.78 Å². The average molecular weight is 297 g/mol. The maximum absolute atomic E-state index is 11.9. The van der Waals surface area contributed by atoms with Crippen LogP contribution in [-0.4, -0.2) is 15.6 Å². The van der Waals surface area contributed by atoms with Gasteiger partial charge in [0.15, 0.2) is 5.76 Å². The van der Waals surface area contributed by atoms with Gasteiger partial charge in [0.25, 0.3) is 0 Å². The molecule has 0 aromatic carbocycles. The van der Waals surface area contributed by atoms with Crippen molar-refractivity contribution in [3.8, 4) is 0 Å². The Bertz CT molecular complexity index is 529. The molecule has 2 heterocycles. The van der Waals surface area contributed by atoms with Gasteiger partial charge in [-0.2, -0.15) is 5.10 Å². The Kier molecular flexibility index (Phi) is 3.47. The number of aryl methyl sites for hydroxylation is 2. The summed E-state index contributed by atoms with van der Waals surface area (Å²) in [5, 5.41) is 4.35. The van der Waals surface area contributed by atoms with E-state index in [2.05, 4.69) is 21.0 Å². The highest BCUT2D eigenvalue weighted by Crippen LogP contribution is 2.23. The Morgan fingerprint density at radius 2 is 2.35 bits per heavy atom. The summed E-state index contributed by atoms with van der Waals surface area (Å²) < 4.78 is 7.74. The van der Waals surface area contributed by atoms with E-state index >= 15 is 0 Å². The molecule has 0 aliphatic carbocycles. The summed E-state index contributed by atoms with van der Waals surface area (Å²) in [7, 11) is 1.84. The number of carbonyl (C=O) groups excluding carboxylic acids is 1. The molecule has 0 radical (unpaired) electrons. The van der Waals surface area contributed by atoms with Crippen molar-refractivity contribution in [2.45, 2.75) is 19.8 Å². The quantitative estimate of drug-likeness (QED) is 0.815. The van der Waals surface area contributed by atoms with E-state index in [1.165, 1.54) is 6.26 Å². The lowest BCUT2D eigenvalue weighted by atomic mass is 10.1. The standard InChI is InChI=1S/C12H13BrN2O2/c1-3-8-12(13)9(15(2)14-8)7-10(16)11-5-4-6-17-11/h4-6H,3,7H2,1-2H3. The van der Waals surface area contributed by atoms with Gasteiger partial charge in [0.2, 0.25) is 5.78 Å². The first-order valence-corrected chi connectivity index (χ1v) is 6.19. The summed E-state index contributed by atoms with van der Waals surface area (Å²) in [6.07, 6.45) is 2.63. The molecule has 0 amide bonds. The fraction of sp³-hybridized carbons (Fsp3) is 0.333. The summed E-state index contributed by atoms with van der Waals surface area (Å²) in [6, 6.07) is 3.39. The van der Waals surface area contributed by atoms with Crippen molar-refractivity contribution in [3.05, 3.63) is 40.0 Å². The van der Waals surface area contributed by atoms with Crippen LogP contribution in [-0.2, 0) is 19.9 Å². The predicted octanol–water partition coefficient (Wildman–Crippen LogP) is 2.76. The third-order valence-electron chi connectivity index (χ3n) is 2.63. The lowest BCUT2D eigenvalue weighted by molar-refractivity contribution is 0.0964. The zero-order valence-corrected chi connectivity index (χ0v) is 11.3. The Balaban J connectivity index is 2.25. The van der Waals surface area contributed by atoms with E-state index < -0.39 is 0 Å². The molecule has 17 heavy (non-hydrogen) atoms. The Morgan fingerprint density at radius 3 is 2.88 bits per heavy atom. The second kappa shape index (κ2) is 4.87. The Hall–Kier alpha value is -1.36.